The van der Waals surface area contributed by atoms with Gasteiger partial charge in [0.25, 0.3) is 0 Å². The van der Waals surface area contributed by atoms with Gasteiger partial charge in [-0.3, -0.25) is 9.20 Å². The second kappa shape index (κ2) is 6.05. The number of ether oxygens (including phenoxy) is 1. The van der Waals surface area contributed by atoms with E-state index in [4.69, 9.17) is 27.9 Å². The highest BCUT2D eigenvalue weighted by Gasteiger charge is 2.10. The highest BCUT2D eigenvalue weighted by molar-refractivity contribution is 7.15. The first-order valence-electron chi connectivity index (χ1n) is 6.12. The smallest absolute Gasteiger partial charge is 0.312 e. The Morgan fingerprint density at radius 2 is 2.19 bits per heavy atom. The van der Waals surface area contributed by atoms with E-state index in [0.717, 1.165) is 10.5 Å². The number of imidazole rings is 1. The van der Waals surface area contributed by atoms with Gasteiger partial charge >= 0.3 is 5.97 Å². The molecule has 0 unspecified atom stereocenters. The Bertz CT molecular complexity index is 769. The lowest BCUT2D eigenvalue weighted by molar-refractivity contribution is -0.144. The number of carbonyl (C=O) groups is 1. The number of hydrogen-bond donors (Lipinski definition) is 0. The lowest BCUT2D eigenvalue weighted by Crippen LogP contribution is -2.08. The molecule has 3 rings (SSSR count). The molecule has 0 N–H and O–H groups in total. The number of hydrogen-bond acceptors (Lipinski definition) is 4. The molecule has 3 aromatic rings. The summed E-state index contributed by atoms with van der Waals surface area (Å²) in [4.78, 5) is 17.0. The summed E-state index contributed by atoms with van der Waals surface area (Å²) < 4.78 is 7.09. The van der Waals surface area contributed by atoms with E-state index in [2.05, 4.69) is 4.98 Å². The van der Waals surface area contributed by atoms with Crippen molar-refractivity contribution in [2.45, 2.75) is 13.0 Å². The van der Waals surface area contributed by atoms with Crippen LogP contribution in [0.4, 0.5) is 0 Å². The number of aromatic nitrogens is 2. The maximum Gasteiger partial charge on any atom is 0.312 e. The first kappa shape index (κ1) is 14.4. The lowest BCUT2D eigenvalue weighted by atomic mass is 10.2. The maximum atomic E-state index is 11.8. The standard InChI is InChI=1S/C14H10Cl2N2O2S/c15-11-2-1-9(5-12(11)16)8-20-13(19)6-10-7-18-3-4-21-14(18)17-10/h1-5,7H,6,8H2. The van der Waals surface area contributed by atoms with Gasteiger partial charge < -0.3 is 4.74 Å². The molecule has 108 valence electrons. The van der Waals surface area contributed by atoms with Gasteiger partial charge in [-0.1, -0.05) is 29.3 Å². The van der Waals surface area contributed by atoms with Crippen molar-refractivity contribution >= 4 is 45.5 Å². The van der Waals surface area contributed by atoms with E-state index in [1.807, 2.05) is 22.2 Å². The molecule has 0 saturated carbocycles. The first-order valence-corrected chi connectivity index (χ1v) is 7.76. The molecular formula is C14H10Cl2N2O2S. The van der Waals surface area contributed by atoms with Crippen LogP contribution in [0.15, 0.2) is 36.0 Å². The molecule has 0 aliphatic carbocycles. The fourth-order valence-electron chi connectivity index (χ4n) is 1.85. The Hall–Kier alpha value is -1.56. The number of halogens is 2. The van der Waals surface area contributed by atoms with Gasteiger partial charge in [-0.15, -0.1) is 11.3 Å². The average Bonchev–Trinajstić information content (AvgIpc) is 3.01. The largest absolute Gasteiger partial charge is 0.461 e. The van der Waals surface area contributed by atoms with Gasteiger partial charge in [0.1, 0.15) is 6.61 Å². The third-order valence-corrected chi connectivity index (χ3v) is 4.36. The van der Waals surface area contributed by atoms with E-state index in [0.29, 0.717) is 15.7 Å². The van der Waals surface area contributed by atoms with Crippen LogP contribution in [0.1, 0.15) is 11.3 Å². The summed E-state index contributed by atoms with van der Waals surface area (Å²) in [5.74, 6) is -0.327. The highest BCUT2D eigenvalue weighted by Crippen LogP contribution is 2.23. The van der Waals surface area contributed by atoms with Gasteiger partial charge in [-0.2, -0.15) is 0 Å². The third-order valence-electron chi connectivity index (χ3n) is 2.85. The minimum Gasteiger partial charge on any atom is -0.461 e. The van der Waals surface area contributed by atoms with Gasteiger partial charge in [0.15, 0.2) is 4.96 Å². The summed E-state index contributed by atoms with van der Waals surface area (Å²) in [5, 5.41) is 2.86. The van der Waals surface area contributed by atoms with Crippen LogP contribution in [-0.2, 0) is 22.6 Å². The fourth-order valence-corrected chi connectivity index (χ4v) is 2.89. The molecule has 0 saturated heterocycles. The van der Waals surface area contributed by atoms with Crippen molar-refractivity contribution < 1.29 is 9.53 Å². The maximum absolute atomic E-state index is 11.8. The Kier molecular flexibility index (Phi) is 4.14. The topological polar surface area (TPSA) is 43.6 Å². The van der Waals surface area contributed by atoms with Crippen molar-refractivity contribution in [3.8, 4) is 0 Å². The van der Waals surface area contributed by atoms with E-state index >= 15 is 0 Å². The number of esters is 1. The number of benzene rings is 1. The van der Waals surface area contributed by atoms with E-state index in [1.165, 1.54) is 11.3 Å². The summed E-state index contributed by atoms with van der Waals surface area (Å²) >= 11 is 13.3. The minimum atomic E-state index is -0.327. The first-order chi connectivity index (χ1) is 10.1. The Balaban J connectivity index is 1.58. The van der Waals surface area contributed by atoms with Crippen LogP contribution in [0, 0.1) is 0 Å². The van der Waals surface area contributed by atoms with Crippen LogP contribution in [-0.4, -0.2) is 15.4 Å². The Morgan fingerprint density at radius 3 is 2.95 bits per heavy atom. The lowest BCUT2D eigenvalue weighted by Gasteiger charge is -2.05. The second-order valence-corrected chi connectivity index (χ2v) is 6.10. The van der Waals surface area contributed by atoms with Crippen LogP contribution in [0.3, 0.4) is 0 Å². The summed E-state index contributed by atoms with van der Waals surface area (Å²) in [6.45, 7) is 0.165. The van der Waals surface area contributed by atoms with E-state index < -0.39 is 0 Å². The predicted molar refractivity (Wildman–Crippen MR) is 83.0 cm³/mol. The second-order valence-electron chi connectivity index (χ2n) is 4.41. The van der Waals surface area contributed by atoms with E-state index in [9.17, 15) is 4.79 Å². The van der Waals surface area contributed by atoms with Crippen LogP contribution in [0.2, 0.25) is 10.0 Å². The highest BCUT2D eigenvalue weighted by atomic mass is 35.5. The van der Waals surface area contributed by atoms with E-state index in [1.54, 1.807) is 18.2 Å². The molecular weight excluding hydrogens is 331 g/mol. The quantitative estimate of drug-likeness (QED) is 0.674. The van der Waals surface area contributed by atoms with Gasteiger partial charge in [-0.25, -0.2) is 4.98 Å². The van der Waals surface area contributed by atoms with Crippen molar-refractivity contribution in [3.63, 3.8) is 0 Å². The molecule has 21 heavy (non-hydrogen) atoms. The summed E-state index contributed by atoms with van der Waals surface area (Å²) in [5.41, 5.74) is 1.49. The van der Waals surface area contributed by atoms with Gasteiger partial charge in [0.05, 0.1) is 22.2 Å². The molecule has 4 nitrogen and oxygen atoms in total. The zero-order valence-electron chi connectivity index (χ0n) is 10.8. The van der Waals surface area contributed by atoms with Crippen molar-refractivity contribution in [3.05, 3.63) is 57.3 Å². The van der Waals surface area contributed by atoms with Gasteiger partial charge in [0, 0.05) is 17.8 Å². The molecule has 0 bridgehead atoms. The molecule has 0 spiro atoms. The third kappa shape index (κ3) is 3.37. The summed E-state index contributed by atoms with van der Waals surface area (Å²) in [6.07, 6.45) is 3.87. The van der Waals surface area contributed by atoms with Crippen molar-refractivity contribution in [2.75, 3.05) is 0 Å². The number of thiazole rings is 1. The molecule has 0 atom stereocenters. The van der Waals surface area contributed by atoms with Crippen molar-refractivity contribution in [1.29, 1.82) is 0 Å². The number of carbonyl (C=O) groups excluding carboxylic acids is 1. The van der Waals surface area contributed by atoms with Crippen LogP contribution in [0.5, 0.6) is 0 Å². The summed E-state index contributed by atoms with van der Waals surface area (Å²) in [7, 11) is 0. The molecule has 2 heterocycles. The molecule has 0 radical (unpaired) electrons. The number of nitrogens with zero attached hydrogens (tertiary/aromatic N) is 2. The molecule has 7 heteroatoms. The number of rotatable bonds is 4. The number of fused-ring (bicyclic) bond motifs is 1. The SMILES string of the molecule is O=C(Cc1cn2ccsc2n1)OCc1ccc(Cl)c(Cl)c1. The van der Waals surface area contributed by atoms with Crippen LogP contribution in [0.25, 0.3) is 4.96 Å². The van der Waals surface area contributed by atoms with Crippen molar-refractivity contribution in [2.24, 2.45) is 0 Å². The van der Waals surface area contributed by atoms with Crippen molar-refractivity contribution in [1.82, 2.24) is 9.38 Å². The molecule has 0 fully saturated rings. The summed E-state index contributed by atoms with van der Waals surface area (Å²) in [6, 6.07) is 5.13. The van der Waals surface area contributed by atoms with Gasteiger partial charge in [-0.05, 0) is 17.7 Å². The van der Waals surface area contributed by atoms with Crippen LogP contribution >= 0.6 is 34.5 Å². The molecule has 1 aromatic carbocycles. The molecule has 0 aliphatic rings. The molecule has 0 aliphatic heterocycles. The minimum absolute atomic E-state index is 0.149. The Labute approximate surface area is 134 Å². The van der Waals surface area contributed by atoms with E-state index in [-0.39, 0.29) is 19.0 Å². The zero-order chi connectivity index (χ0) is 14.8. The zero-order valence-corrected chi connectivity index (χ0v) is 13.1. The Morgan fingerprint density at radius 1 is 1.33 bits per heavy atom. The fraction of sp³-hybridized carbons (Fsp3) is 0.143. The average molecular weight is 341 g/mol. The van der Waals surface area contributed by atoms with Crippen LogP contribution < -0.4 is 0 Å². The molecule has 0 amide bonds. The monoisotopic (exact) mass is 340 g/mol. The predicted octanol–water partition coefficient (Wildman–Crippen LogP) is 3.99. The molecule has 2 aromatic heterocycles. The normalized spacial score (nSPS) is 11.0. The van der Waals surface area contributed by atoms with Gasteiger partial charge in [0.2, 0.25) is 0 Å².